The lowest BCUT2D eigenvalue weighted by Crippen LogP contribution is -1.88. The molecule has 0 aliphatic carbocycles. The van der Waals surface area contributed by atoms with Crippen LogP contribution in [0.3, 0.4) is 0 Å². The minimum Gasteiger partial charge on any atom is -0.446 e. The largest absolute Gasteiger partial charge is 0.446 e. The normalized spacial score (nSPS) is 10.5. The third-order valence-corrected chi connectivity index (χ3v) is 2.70. The van der Waals surface area contributed by atoms with E-state index in [1.165, 1.54) is 0 Å². The van der Waals surface area contributed by atoms with Crippen molar-refractivity contribution in [2.75, 3.05) is 0 Å². The van der Waals surface area contributed by atoms with Crippen molar-refractivity contribution < 1.29 is 4.42 Å². The van der Waals surface area contributed by atoms with Crippen molar-refractivity contribution in [3.63, 3.8) is 0 Å². The van der Waals surface area contributed by atoms with Gasteiger partial charge in [0.25, 0.3) is 0 Å². The van der Waals surface area contributed by atoms with Gasteiger partial charge in [0.1, 0.15) is 9.21 Å². The molecule has 0 radical (unpaired) electrons. The van der Waals surface area contributed by atoms with Crippen LogP contribution in [0.25, 0.3) is 11.6 Å². The van der Waals surface area contributed by atoms with Gasteiger partial charge < -0.3 is 4.42 Å². The molecule has 2 rings (SSSR count). The van der Waals surface area contributed by atoms with E-state index < -0.39 is 0 Å². The van der Waals surface area contributed by atoms with Crippen LogP contribution in [0.5, 0.6) is 0 Å². The van der Waals surface area contributed by atoms with E-state index in [0.717, 1.165) is 0 Å². The summed E-state index contributed by atoms with van der Waals surface area (Å²) in [5.74, 6) is 1.16. The van der Waals surface area contributed by atoms with Crippen LogP contribution in [-0.2, 0) is 0 Å². The molecule has 0 amide bonds. The van der Waals surface area contributed by atoms with E-state index in [1.54, 1.807) is 18.2 Å². The highest BCUT2D eigenvalue weighted by molar-refractivity contribution is 9.11. The van der Waals surface area contributed by atoms with Crippen LogP contribution in [-0.4, -0.2) is 9.97 Å². The summed E-state index contributed by atoms with van der Waals surface area (Å²) in [5.41, 5.74) is 0. The Bertz CT molecular complexity index is 449. The van der Waals surface area contributed by atoms with Crippen LogP contribution in [0.2, 0.25) is 0 Å². The highest BCUT2D eigenvalue weighted by Gasteiger charge is 2.08. The molecule has 0 aromatic carbocycles. The summed E-state index contributed by atoms with van der Waals surface area (Å²) in [5, 5.41) is 0. The first-order chi connectivity index (χ1) is 6.65. The van der Waals surface area contributed by atoms with Crippen molar-refractivity contribution in [3.8, 4) is 11.6 Å². The summed E-state index contributed by atoms with van der Waals surface area (Å²) in [4.78, 5) is 8.36. The van der Waals surface area contributed by atoms with Gasteiger partial charge in [0.15, 0.2) is 16.3 Å². The Labute approximate surface area is 105 Å². The van der Waals surface area contributed by atoms with E-state index in [4.69, 9.17) is 4.42 Å². The van der Waals surface area contributed by atoms with Crippen LogP contribution < -0.4 is 0 Å². The van der Waals surface area contributed by atoms with E-state index in [1.807, 2.05) is 0 Å². The molecule has 0 bridgehead atoms. The zero-order chi connectivity index (χ0) is 10.1. The van der Waals surface area contributed by atoms with Crippen molar-refractivity contribution in [3.05, 3.63) is 32.1 Å². The molecular weight excluding hydrogens is 380 g/mol. The van der Waals surface area contributed by atoms with Crippen molar-refractivity contribution >= 4 is 47.8 Å². The maximum atomic E-state index is 5.33. The smallest absolute Gasteiger partial charge is 0.197 e. The maximum absolute atomic E-state index is 5.33. The molecule has 3 nitrogen and oxygen atoms in total. The van der Waals surface area contributed by atoms with Crippen LogP contribution in [0.4, 0.5) is 0 Å². The molecule has 0 saturated heterocycles. The summed E-state index contributed by atoms with van der Waals surface area (Å²) in [6.45, 7) is 0. The number of aromatic nitrogens is 2. The van der Waals surface area contributed by atoms with Gasteiger partial charge in [-0.3, -0.25) is 0 Å². The van der Waals surface area contributed by atoms with Gasteiger partial charge in [-0.2, -0.15) is 0 Å². The molecule has 6 heteroatoms. The molecule has 2 aromatic heterocycles. The minimum absolute atomic E-state index is 0.539. The number of hydrogen-bond donors (Lipinski definition) is 0. The second kappa shape index (κ2) is 4.12. The second-order valence-corrected chi connectivity index (χ2v) is 4.85. The minimum atomic E-state index is 0.539. The predicted molar refractivity (Wildman–Crippen MR) is 62.8 cm³/mol. The highest BCUT2D eigenvalue weighted by atomic mass is 79.9. The zero-order valence-corrected chi connectivity index (χ0v) is 11.4. The molecule has 2 aromatic rings. The molecule has 0 atom stereocenters. The Morgan fingerprint density at radius 1 is 1.00 bits per heavy atom. The lowest BCUT2D eigenvalue weighted by Gasteiger charge is -1.97. The first-order valence-electron chi connectivity index (χ1n) is 3.61. The quantitative estimate of drug-likeness (QED) is 0.699. The van der Waals surface area contributed by atoms with Gasteiger partial charge >= 0.3 is 0 Å². The highest BCUT2D eigenvalue weighted by Crippen LogP contribution is 2.24. The molecule has 0 spiro atoms. The molecule has 0 N–H and O–H groups in total. The number of nitrogens with zero attached hydrogens (tertiary/aromatic N) is 2. The monoisotopic (exact) mass is 380 g/mol. The summed E-state index contributed by atoms with van der Waals surface area (Å²) in [6, 6.07) is 5.37. The molecular formula is C8H3Br3N2O. The second-order valence-electron chi connectivity index (χ2n) is 2.44. The van der Waals surface area contributed by atoms with Crippen LogP contribution in [0.1, 0.15) is 0 Å². The number of rotatable bonds is 1. The Morgan fingerprint density at radius 3 is 2.14 bits per heavy atom. The van der Waals surface area contributed by atoms with Crippen molar-refractivity contribution in [1.29, 1.82) is 0 Å². The van der Waals surface area contributed by atoms with Crippen molar-refractivity contribution in [1.82, 2.24) is 9.97 Å². The van der Waals surface area contributed by atoms with Gasteiger partial charge in [-0.15, -0.1) is 0 Å². The fraction of sp³-hybridized carbons (Fsp3) is 0. The zero-order valence-electron chi connectivity index (χ0n) is 6.67. The summed E-state index contributed by atoms with van der Waals surface area (Å²) in [7, 11) is 0. The molecule has 14 heavy (non-hydrogen) atoms. The summed E-state index contributed by atoms with van der Waals surface area (Å²) >= 11 is 9.79. The Hall–Kier alpha value is -0.200. The van der Waals surface area contributed by atoms with Crippen LogP contribution in [0, 0.1) is 0 Å². The summed E-state index contributed by atoms with van der Waals surface area (Å²) < 4.78 is 7.41. The van der Waals surface area contributed by atoms with E-state index in [0.29, 0.717) is 25.5 Å². The van der Waals surface area contributed by atoms with Gasteiger partial charge in [0, 0.05) is 6.07 Å². The van der Waals surface area contributed by atoms with Gasteiger partial charge in [0.05, 0.1) is 0 Å². The number of furan rings is 1. The third-order valence-electron chi connectivity index (χ3n) is 1.46. The van der Waals surface area contributed by atoms with Crippen LogP contribution in [0.15, 0.2) is 36.5 Å². The standard InChI is InChI=1S/C8H3Br3N2O/c9-5-3-6(10)13-8(12-5)4-1-2-7(11)14-4/h1-3H. The van der Waals surface area contributed by atoms with Gasteiger partial charge in [-0.25, -0.2) is 9.97 Å². The van der Waals surface area contributed by atoms with E-state index >= 15 is 0 Å². The molecule has 0 fully saturated rings. The topological polar surface area (TPSA) is 38.9 Å². The first kappa shape index (κ1) is 10.3. The lowest BCUT2D eigenvalue weighted by atomic mass is 10.4. The predicted octanol–water partition coefficient (Wildman–Crippen LogP) is 4.02. The molecule has 0 aliphatic heterocycles. The van der Waals surface area contributed by atoms with Crippen molar-refractivity contribution in [2.45, 2.75) is 0 Å². The van der Waals surface area contributed by atoms with E-state index in [2.05, 4.69) is 57.8 Å². The first-order valence-corrected chi connectivity index (χ1v) is 5.99. The van der Waals surface area contributed by atoms with Gasteiger partial charge in [-0.1, -0.05) is 0 Å². The summed E-state index contributed by atoms with van der Waals surface area (Å²) in [6.07, 6.45) is 0. The molecule has 72 valence electrons. The average molecular weight is 383 g/mol. The Balaban J connectivity index is 2.51. The number of halogens is 3. The molecule has 0 unspecified atom stereocenters. The Morgan fingerprint density at radius 2 is 1.64 bits per heavy atom. The van der Waals surface area contributed by atoms with E-state index in [-0.39, 0.29) is 0 Å². The fourth-order valence-electron chi connectivity index (χ4n) is 0.935. The lowest BCUT2D eigenvalue weighted by molar-refractivity contribution is 0.551. The van der Waals surface area contributed by atoms with Crippen molar-refractivity contribution in [2.24, 2.45) is 0 Å². The maximum Gasteiger partial charge on any atom is 0.197 e. The third kappa shape index (κ3) is 2.24. The van der Waals surface area contributed by atoms with E-state index in [9.17, 15) is 0 Å². The number of hydrogen-bond acceptors (Lipinski definition) is 3. The molecule has 0 aliphatic rings. The SMILES string of the molecule is Brc1cc(Br)nc(-c2ccc(Br)o2)n1. The molecule has 2 heterocycles. The van der Waals surface area contributed by atoms with Crippen LogP contribution >= 0.6 is 47.8 Å². The Kier molecular flexibility index (Phi) is 3.04. The average Bonchev–Trinajstić information content (AvgIpc) is 2.50. The van der Waals surface area contributed by atoms with Gasteiger partial charge in [-0.05, 0) is 59.9 Å². The fourth-order valence-corrected chi connectivity index (χ4v) is 2.32. The molecule has 0 saturated carbocycles. The van der Waals surface area contributed by atoms with Gasteiger partial charge in [0.2, 0.25) is 0 Å².